The molecule has 0 radical (unpaired) electrons. The van der Waals surface area contributed by atoms with Gasteiger partial charge in [0.15, 0.2) is 5.75 Å². The Morgan fingerprint density at radius 1 is 1.63 bits per heavy atom. The number of carbonyl (C=O) groups is 1. The molecule has 0 aliphatic rings. The average molecular weight is 268 g/mol. The molecule has 0 aliphatic heterocycles. The molecule has 0 heterocycles. The van der Waals surface area contributed by atoms with Crippen LogP contribution in [-0.2, 0) is 0 Å². The van der Waals surface area contributed by atoms with E-state index in [0.717, 1.165) is 12.1 Å². The molecule has 0 atom stereocenters. The second-order valence-corrected chi connectivity index (χ2v) is 3.22. The van der Waals surface area contributed by atoms with Crippen molar-refractivity contribution < 1.29 is 24.0 Å². The molecule has 0 fully saturated rings. The summed E-state index contributed by atoms with van der Waals surface area (Å²) in [5, 5.41) is 21.0. The van der Waals surface area contributed by atoms with E-state index in [0.29, 0.717) is 0 Å². The van der Waals surface area contributed by atoms with E-state index in [1.54, 1.807) is 0 Å². The van der Waals surface area contributed by atoms with Gasteiger partial charge in [0.25, 0.3) is 0 Å². The van der Waals surface area contributed by atoms with Crippen molar-refractivity contribution in [1.29, 1.82) is 0 Å². The quantitative estimate of drug-likeness (QED) is 0.489. The molecular formula is C11H9FN2O5. The van der Waals surface area contributed by atoms with Crippen LogP contribution in [0.2, 0.25) is 0 Å². The minimum atomic E-state index is -1.27. The highest BCUT2D eigenvalue weighted by Gasteiger charge is 2.18. The lowest BCUT2D eigenvalue weighted by Gasteiger charge is -2.02. The number of rotatable bonds is 3. The number of ether oxygens (including phenoxy) is 1. The second-order valence-electron chi connectivity index (χ2n) is 3.22. The summed E-state index contributed by atoms with van der Waals surface area (Å²) in [6, 6.07) is 1.79. The Bertz CT molecular complexity index is 576. The molecule has 19 heavy (non-hydrogen) atoms. The Balaban J connectivity index is 3.04. The summed E-state index contributed by atoms with van der Waals surface area (Å²) < 4.78 is 18.2. The van der Waals surface area contributed by atoms with Gasteiger partial charge in [0.05, 0.1) is 24.1 Å². The van der Waals surface area contributed by atoms with Gasteiger partial charge in [-0.2, -0.15) is 0 Å². The molecule has 1 rings (SSSR count). The molecule has 0 saturated heterocycles. The third kappa shape index (κ3) is 3.85. The number of hydrogen-bond donors (Lipinski definition) is 2. The van der Waals surface area contributed by atoms with E-state index in [4.69, 9.17) is 5.11 Å². The Morgan fingerprint density at radius 3 is 2.84 bits per heavy atom. The summed E-state index contributed by atoms with van der Waals surface area (Å²) in [6.45, 7) is -0.214. The molecule has 0 aromatic heterocycles. The number of nitrogens with zero attached hydrogens (tertiary/aromatic N) is 1. The molecule has 0 saturated carbocycles. The van der Waals surface area contributed by atoms with Crippen LogP contribution in [0.15, 0.2) is 12.1 Å². The molecule has 1 aromatic rings. The summed E-state index contributed by atoms with van der Waals surface area (Å²) in [4.78, 5) is 20.2. The lowest BCUT2D eigenvalue weighted by molar-refractivity contribution is -0.385. The maximum atomic E-state index is 13.5. The monoisotopic (exact) mass is 268 g/mol. The maximum absolute atomic E-state index is 13.5. The van der Waals surface area contributed by atoms with Crippen LogP contribution in [0.1, 0.15) is 5.56 Å². The van der Waals surface area contributed by atoms with Gasteiger partial charge < -0.3 is 15.2 Å². The molecule has 7 nitrogen and oxygen atoms in total. The molecule has 100 valence electrons. The summed E-state index contributed by atoms with van der Waals surface area (Å²) in [5.41, 5.74) is -0.626. The van der Waals surface area contributed by atoms with Crippen molar-refractivity contribution >= 4 is 11.8 Å². The van der Waals surface area contributed by atoms with Crippen LogP contribution < -0.4 is 10.1 Å². The highest BCUT2D eigenvalue weighted by atomic mass is 19.1. The fraction of sp³-hybridized carbons (Fsp3) is 0.182. The molecule has 2 N–H and O–H groups in total. The standard InChI is InChI=1S/C11H9FN2O5/c1-19-10-6-8(12)7(5-9(10)14(17)18)3-2-4-13-11(15)16/h5-6,13H,4H2,1H3,(H,15,16). The van der Waals surface area contributed by atoms with E-state index in [1.165, 1.54) is 7.11 Å². The van der Waals surface area contributed by atoms with Crippen molar-refractivity contribution in [3.8, 4) is 17.6 Å². The van der Waals surface area contributed by atoms with Crippen LogP contribution in [0, 0.1) is 27.8 Å². The molecule has 8 heteroatoms. The average Bonchev–Trinajstić information content (AvgIpc) is 2.34. The van der Waals surface area contributed by atoms with Crippen molar-refractivity contribution in [3.05, 3.63) is 33.6 Å². The maximum Gasteiger partial charge on any atom is 0.405 e. The van der Waals surface area contributed by atoms with Gasteiger partial charge in [-0.05, 0) is 0 Å². The number of hydrogen-bond acceptors (Lipinski definition) is 4. The van der Waals surface area contributed by atoms with E-state index in [-0.39, 0.29) is 17.9 Å². The fourth-order valence-corrected chi connectivity index (χ4v) is 1.20. The van der Waals surface area contributed by atoms with Crippen LogP contribution in [0.25, 0.3) is 0 Å². The first-order valence-electron chi connectivity index (χ1n) is 4.93. The number of nitrogens with one attached hydrogen (secondary N) is 1. The van der Waals surface area contributed by atoms with Gasteiger partial charge in [-0.25, -0.2) is 9.18 Å². The molecular weight excluding hydrogens is 259 g/mol. The van der Waals surface area contributed by atoms with Gasteiger partial charge in [0.2, 0.25) is 0 Å². The van der Waals surface area contributed by atoms with Crippen LogP contribution in [0.4, 0.5) is 14.9 Å². The zero-order chi connectivity index (χ0) is 14.4. The third-order valence-corrected chi connectivity index (χ3v) is 2.02. The van der Waals surface area contributed by atoms with Gasteiger partial charge in [0, 0.05) is 12.1 Å². The number of halogens is 1. The Hall–Kier alpha value is -2.82. The van der Waals surface area contributed by atoms with Crippen LogP contribution >= 0.6 is 0 Å². The Kier molecular flexibility index (Phi) is 4.65. The van der Waals surface area contributed by atoms with Gasteiger partial charge in [-0.3, -0.25) is 10.1 Å². The molecule has 0 spiro atoms. The van der Waals surface area contributed by atoms with Crippen LogP contribution in [0.3, 0.4) is 0 Å². The number of benzene rings is 1. The largest absolute Gasteiger partial charge is 0.490 e. The van der Waals surface area contributed by atoms with E-state index >= 15 is 0 Å². The molecule has 0 unspecified atom stereocenters. The first kappa shape index (κ1) is 14.2. The summed E-state index contributed by atoms with van der Waals surface area (Å²) >= 11 is 0. The molecule has 0 bridgehead atoms. The lowest BCUT2D eigenvalue weighted by Crippen LogP contribution is -2.20. The van der Waals surface area contributed by atoms with Crippen molar-refractivity contribution in [2.45, 2.75) is 0 Å². The highest BCUT2D eigenvalue weighted by molar-refractivity contribution is 5.64. The number of methoxy groups -OCH3 is 1. The van der Waals surface area contributed by atoms with E-state index in [2.05, 4.69) is 16.6 Å². The summed E-state index contributed by atoms with van der Waals surface area (Å²) in [5.74, 6) is 3.64. The SMILES string of the molecule is COc1cc(F)c(C#CCNC(=O)O)cc1[N+](=O)[O-]. The third-order valence-electron chi connectivity index (χ3n) is 2.02. The zero-order valence-electron chi connectivity index (χ0n) is 9.77. The van der Waals surface area contributed by atoms with Crippen molar-refractivity contribution in [1.82, 2.24) is 5.32 Å². The van der Waals surface area contributed by atoms with Crippen molar-refractivity contribution in [3.63, 3.8) is 0 Å². The number of nitro benzene ring substituents is 1. The van der Waals surface area contributed by atoms with E-state index < -0.39 is 22.5 Å². The topological polar surface area (TPSA) is 102 Å². The van der Waals surface area contributed by atoms with Crippen molar-refractivity contribution in [2.24, 2.45) is 0 Å². The predicted octanol–water partition coefficient (Wildman–Crippen LogP) is 1.36. The molecule has 1 amide bonds. The van der Waals surface area contributed by atoms with Crippen molar-refractivity contribution in [2.75, 3.05) is 13.7 Å². The fourth-order valence-electron chi connectivity index (χ4n) is 1.20. The Labute approximate surface area is 107 Å². The minimum absolute atomic E-state index is 0.209. The van der Waals surface area contributed by atoms with Crippen LogP contribution in [0.5, 0.6) is 5.75 Å². The minimum Gasteiger partial charge on any atom is -0.490 e. The van der Waals surface area contributed by atoms with E-state index in [1.807, 2.05) is 5.32 Å². The second kappa shape index (κ2) is 6.20. The van der Waals surface area contributed by atoms with Crippen LogP contribution in [-0.4, -0.2) is 29.8 Å². The zero-order valence-corrected chi connectivity index (χ0v) is 9.77. The molecule has 0 aliphatic carbocycles. The molecule has 1 aromatic carbocycles. The summed E-state index contributed by atoms with van der Waals surface area (Å²) in [6.07, 6.45) is -1.27. The van der Waals surface area contributed by atoms with Gasteiger partial charge in [-0.1, -0.05) is 11.8 Å². The number of nitro groups is 1. The first-order valence-corrected chi connectivity index (χ1v) is 4.93. The number of carboxylic acid groups (broad SMARTS) is 1. The summed E-state index contributed by atoms with van der Waals surface area (Å²) in [7, 11) is 1.18. The lowest BCUT2D eigenvalue weighted by atomic mass is 10.1. The smallest absolute Gasteiger partial charge is 0.405 e. The van der Waals surface area contributed by atoms with E-state index in [9.17, 15) is 19.3 Å². The van der Waals surface area contributed by atoms with Gasteiger partial charge in [-0.15, -0.1) is 0 Å². The Morgan fingerprint density at radius 2 is 2.32 bits per heavy atom. The van der Waals surface area contributed by atoms with Gasteiger partial charge in [0.1, 0.15) is 5.82 Å². The highest BCUT2D eigenvalue weighted by Crippen LogP contribution is 2.29. The first-order chi connectivity index (χ1) is 8.95. The normalized spacial score (nSPS) is 9.16. The van der Waals surface area contributed by atoms with Gasteiger partial charge >= 0.3 is 11.8 Å². The predicted molar refractivity (Wildman–Crippen MR) is 62.5 cm³/mol. The number of amides is 1.